The summed E-state index contributed by atoms with van der Waals surface area (Å²) in [5.74, 6) is 1.07. The molecule has 1 heterocycles. The Hall–Kier alpha value is -3.07. The van der Waals surface area contributed by atoms with E-state index in [1.807, 2.05) is 49.6 Å². The van der Waals surface area contributed by atoms with Gasteiger partial charge in [0.1, 0.15) is 5.82 Å². The van der Waals surface area contributed by atoms with Crippen molar-refractivity contribution < 1.29 is 18.7 Å². The zero-order valence-corrected chi connectivity index (χ0v) is 19.5. The molecule has 1 amide bonds. The molecule has 2 aromatic carbocycles. The summed E-state index contributed by atoms with van der Waals surface area (Å²) >= 11 is 1.26. The van der Waals surface area contributed by atoms with Gasteiger partial charge in [0, 0.05) is 6.04 Å². The van der Waals surface area contributed by atoms with Gasteiger partial charge in [0.05, 0.1) is 18.0 Å². The molecule has 0 aliphatic rings. The average Bonchev–Trinajstić information content (AvgIpc) is 3.19. The molecule has 32 heavy (non-hydrogen) atoms. The van der Waals surface area contributed by atoms with E-state index in [4.69, 9.17) is 9.47 Å². The van der Waals surface area contributed by atoms with Crippen LogP contribution in [0.5, 0.6) is 11.5 Å². The molecule has 3 rings (SSSR count). The number of hydrogen-bond donors (Lipinski definition) is 1. The minimum absolute atomic E-state index is 0.0352. The number of nitrogens with zero attached hydrogens (tertiary/aromatic N) is 3. The van der Waals surface area contributed by atoms with Crippen LogP contribution in [0.25, 0.3) is 0 Å². The van der Waals surface area contributed by atoms with E-state index in [1.165, 1.54) is 23.9 Å². The number of hydrogen-bond acceptors (Lipinski definition) is 6. The van der Waals surface area contributed by atoms with Gasteiger partial charge in [0.2, 0.25) is 5.91 Å². The Kier molecular flexibility index (Phi) is 7.74. The van der Waals surface area contributed by atoms with Crippen LogP contribution in [0, 0.1) is 5.82 Å². The molecule has 0 aliphatic carbocycles. The van der Waals surface area contributed by atoms with Gasteiger partial charge in [-0.2, -0.15) is 0 Å². The summed E-state index contributed by atoms with van der Waals surface area (Å²) in [6.45, 7) is 7.65. The van der Waals surface area contributed by atoms with Crippen LogP contribution in [0.4, 0.5) is 10.1 Å². The van der Waals surface area contributed by atoms with Gasteiger partial charge in [-0.3, -0.25) is 4.79 Å². The zero-order valence-electron chi connectivity index (χ0n) is 18.7. The number of methoxy groups -OCH3 is 1. The van der Waals surface area contributed by atoms with E-state index in [0.717, 1.165) is 0 Å². The van der Waals surface area contributed by atoms with Gasteiger partial charge in [-0.05, 0) is 52.0 Å². The molecule has 0 bridgehead atoms. The Bertz CT molecular complexity index is 1070. The van der Waals surface area contributed by atoms with Gasteiger partial charge < -0.3 is 19.4 Å². The van der Waals surface area contributed by atoms with Gasteiger partial charge >= 0.3 is 0 Å². The summed E-state index contributed by atoms with van der Waals surface area (Å²) in [5, 5.41) is 11.3. The first-order chi connectivity index (χ1) is 15.3. The first-order valence-corrected chi connectivity index (χ1v) is 11.2. The van der Waals surface area contributed by atoms with E-state index < -0.39 is 17.2 Å². The first-order valence-electron chi connectivity index (χ1n) is 10.3. The van der Waals surface area contributed by atoms with E-state index in [2.05, 4.69) is 15.5 Å². The Morgan fingerprint density at radius 2 is 1.69 bits per heavy atom. The normalized spacial score (nSPS) is 13.0. The third-order valence-corrected chi connectivity index (χ3v) is 5.78. The van der Waals surface area contributed by atoms with Crippen LogP contribution in [0.2, 0.25) is 0 Å². The minimum Gasteiger partial charge on any atom is -0.493 e. The van der Waals surface area contributed by atoms with E-state index in [9.17, 15) is 9.18 Å². The second-order valence-electron chi connectivity index (χ2n) is 7.44. The Morgan fingerprint density at radius 3 is 2.34 bits per heavy atom. The van der Waals surface area contributed by atoms with Crippen molar-refractivity contribution in [2.75, 3.05) is 12.4 Å². The molecule has 7 nitrogen and oxygen atoms in total. The van der Waals surface area contributed by atoms with Crippen molar-refractivity contribution in [1.29, 1.82) is 0 Å². The second-order valence-corrected chi connectivity index (χ2v) is 8.75. The summed E-state index contributed by atoms with van der Waals surface area (Å²) in [6.07, 6.45) is -0.405. The van der Waals surface area contributed by atoms with Crippen molar-refractivity contribution in [1.82, 2.24) is 14.8 Å². The minimum atomic E-state index is -0.519. The lowest BCUT2D eigenvalue weighted by molar-refractivity contribution is -0.115. The fraction of sp³-hybridized carbons (Fsp3) is 0.348. The summed E-state index contributed by atoms with van der Waals surface area (Å²) in [5.41, 5.74) is 0.148. The molecular weight excluding hydrogens is 431 g/mol. The molecule has 0 radical (unpaired) electrons. The monoisotopic (exact) mass is 458 g/mol. The number of amides is 1. The molecule has 1 aromatic heterocycles. The fourth-order valence-electron chi connectivity index (χ4n) is 3.10. The van der Waals surface area contributed by atoms with Crippen LogP contribution in [0.15, 0.2) is 53.7 Å². The number of benzene rings is 2. The lowest BCUT2D eigenvalue weighted by atomic mass is 10.3. The number of carbonyl (C=O) groups is 1. The number of aromatic nitrogens is 3. The number of ether oxygens (including phenoxy) is 2. The van der Waals surface area contributed by atoms with Gasteiger partial charge in [-0.25, -0.2) is 4.39 Å². The number of halogens is 1. The molecule has 170 valence electrons. The third-order valence-electron chi connectivity index (χ3n) is 4.73. The molecule has 3 aromatic rings. The topological polar surface area (TPSA) is 78.3 Å². The van der Waals surface area contributed by atoms with Crippen molar-refractivity contribution in [2.24, 2.45) is 0 Å². The van der Waals surface area contributed by atoms with Crippen molar-refractivity contribution in [3.05, 3.63) is 60.2 Å². The highest BCUT2D eigenvalue weighted by atomic mass is 32.2. The van der Waals surface area contributed by atoms with Gasteiger partial charge in [0.15, 0.2) is 28.6 Å². The molecule has 0 fully saturated rings. The largest absolute Gasteiger partial charge is 0.493 e. The molecule has 9 heteroatoms. The smallest absolute Gasteiger partial charge is 0.237 e. The number of thioether (sulfide) groups is 1. The second kappa shape index (κ2) is 10.5. The van der Waals surface area contributed by atoms with Gasteiger partial charge in [0.25, 0.3) is 0 Å². The van der Waals surface area contributed by atoms with Crippen LogP contribution in [-0.2, 0) is 4.79 Å². The highest BCUT2D eigenvalue weighted by Crippen LogP contribution is 2.33. The molecule has 1 N–H and O–H groups in total. The lowest BCUT2D eigenvalue weighted by Crippen LogP contribution is -2.24. The van der Waals surface area contributed by atoms with Crippen LogP contribution < -0.4 is 14.8 Å². The fourth-order valence-corrected chi connectivity index (χ4v) is 4.09. The Balaban J connectivity index is 1.76. The molecule has 0 spiro atoms. The number of nitrogens with one attached hydrogen (secondary N) is 1. The van der Waals surface area contributed by atoms with Crippen molar-refractivity contribution in [2.45, 2.75) is 50.2 Å². The van der Waals surface area contributed by atoms with Crippen molar-refractivity contribution in [3.8, 4) is 11.5 Å². The average molecular weight is 459 g/mol. The van der Waals surface area contributed by atoms with Crippen LogP contribution in [0.3, 0.4) is 0 Å². The number of para-hydroxylation sites is 3. The highest BCUT2D eigenvalue weighted by molar-refractivity contribution is 8.00. The number of rotatable bonds is 9. The highest BCUT2D eigenvalue weighted by Gasteiger charge is 2.25. The molecule has 2 atom stereocenters. The lowest BCUT2D eigenvalue weighted by Gasteiger charge is -2.20. The van der Waals surface area contributed by atoms with Crippen LogP contribution in [0.1, 0.15) is 45.7 Å². The summed E-state index contributed by atoms with van der Waals surface area (Å²) in [7, 11) is 1.59. The SMILES string of the molecule is COc1ccccc1OC(C)c1nnc(SC(C)C(=O)Nc2ccccc2F)n1C(C)C. The standard InChI is InChI=1S/C23H27FN4O3S/c1-14(2)28-21(15(3)31-20-13-9-8-12-19(20)30-5)26-27-23(28)32-16(4)22(29)25-18-11-7-6-10-17(18)24/h6-16H,1-5H3,(H,25,29). The predicted molar refractivity (Wildman–Crippen MR) is 123 cm³/mol. The molecule has 0 saturated heterocycles. The van der Waals surface area contributed by atoms with Crippen molar-refractivity contribution in [3.63, 3.8) is 0 Å². The Labute approximate surface area is 191 Å². The van der Waals surface area contributed by atoms with E-state index in [0.29, 0.717) is 22.5 Å². The summed E-state index contributed by atoms with van der Waals surface area (Å²) < 4.78 is 27.3. The maximum atomic E-state index is 13.9. The van der Waals surface area contributed by atoms with Gasteiger partial charge in [-0.1, -0.05) is 36.0 Å². The quantitative estimate of drug-likeness (QED) is 0.441. The third kappa shape index (κ3) is 5.40. The van der Waals surface area contributed by atoms with Crippen LogP contribution in [-0.4, -0.2) is 33.0 Å². The Morgan fingerprint density at radius 1 is 1.03 bits per heavy atom. The maximum Gasteiger partial charge on any atom is 0.237 e. The molecule has 2 unspecified atom stereocenters. The summed E-state index contributed by atoms with van der Waals surface area (Å²) in [6, 6.07) is 13.5. The first kappa shape index (κ1) is 23.6. The van der Waals surface area contributed by atoms with E-state index in [1.54, 1.807) is 26.2 Å². The predicted octanol–water partition coefficient (Wildman–Crippen LogP) is 5.27. The molecule has 0 saturated carbocycles. The number of anilines is 1. The van der Waals surface area contributed by atoms with Crippen LogP contribution >= 0.6 is 11.8 Å². The zero-order chi connectivity index (χ0) is 23.3. The van der Waals surface area contributed by atoms with Crippen molar-refractivity contribution >= 4 is 23.4 Å². The summed E-state index contributed by atoms with van der Waals surface area (Å²) in [4.78, 5) is 12.6. The maximum absolute atomic E-state index is 13.9. The van der Waals surface area contributed by atoms with E-state index in [-0.39, 0.29) is 17.6 Å². The molecule has 0 aliphatic heterocycles. The molecular formula is C23H27FN4O3S. The van der Waals surface area contributed by atoms with E-state index >= 15 is 0 Å². The number of carbonyl (C=O) groups excluding carboxylic acids is 1. The van der Waals surface area contributed by atoms with Gasteiger partial charge in [-0.15, -0.1) is 10.2 Å².